The summed E-state index contributed by atoms with van der Waals surface area (Å²) >= 11 is 0. The van der Waals surface area contributed by atoms with Crippen LogP contribution in [0, 0.1) is 11.8 Å². The molecule has 3 unspecified atom stereocenters. The zero-order valence-corrected chi connectivity index (χ0v) is 10.1. The van der Waals surface area contributed by atoms with Crippen molar-refractivity contribution < 1.29 is 9.53 Å². The van der Waals surface area contributed by atoms with E-state index < -0.39 is 0 Å². The molecule has 0 aliphatic carbocycles. The van der Waals surface area contributed by atoms with Crippen molar-refractivity contribution in [2.24, 2.45) is 17.6 Å². The van der Waals surface area contributed by atoms with Crippen LogP contribution >= 0.6 is 0 Å². The first-order valence-corrected chi connectivity index (χ1v) is 5.52. The molecule has 1 aliphatic heterocycles. The van der Waals surface area contributed by atoms with E-state index in [1.807, 2.05) is 0 Å². The highest BCUT2D eigenvalue weighted by Crippen LogP contribution is 2.26. The average Bonchev–Trinajstić information content (AvgIpc) is 2.16. The van der Waals surface area contributed by atoms with E-state index in [1.165, 1.54) is 7.11 Å². The van der Waals surface area contributed by atoms with E-state index in [4.69, 9.17) is 10.5 Å². The number of hydrogen-bond donors (Lipinski definition) is 1. The number of rotatable bonds is 2. The van der Waals surface area contributed by atoms with Gasteiger partial charge in [-0.15, -0.1) is 0 Å². The van der Waals surface area contributed by atoms with Crippen molar-refractivity contribution in [2.75, 3.05) is 20.7 Å². The Morgan fingerprint density at radius 3 is 2.60 bits per heavy atom. The zero-order valence-electron chi connectivity index (χ0n) is 10.1. The van der Waals surface area contributed by atoms with E-state index in [1.54, 1.807) is 0 Å². The van der Waals surface area contributed by atoms with Crippen LogP contribution in [0.1, 0.15) is 20.3 Å². The quantitative estimate of drug-likeness (QED) is 0.679. The summed E-state index contributed by atoms with van der Waals surface area (Å²) in [6, 6.07) is 0.152. The number of nitrogens with two attached hydrogens (primary N) is 1. The summed E-state index contributed by atoms with van der Waals surface area (Å²) in [4.78, 5) is 13.8. The lowest BCUT2D eigenvalue weighted by molar-refractivity contribution is -0.148. The van der Waals surface area contributed by atoms with Gasteiger partial charge >= 0.3 is 5.97 Å². The van der Waals surface area contributed by atoms with Gasteiger partial charge in [-0.05, 0) is 25.9 Å². The maximum absolute atomic E-state index is 11.5. The fourth-order valence-electron chi connectivity index (χ4n) is 2.60. The van der Waals surface area contributed by atoms with Gasteiger partial charge in [-0.1, -0.05) is 13.8 Å². The summed E-state index contributed by atoms with van der Waals surface area (Å²) in [5, 5.41) is 0. The molecule has 0 aromatic rings. The standard InChI is InChI=1S/C11H22N2O2/c1-7(2)10-9(12)8(11(14)15-4)5-6-13(10)3/h7-10H,5-6,12H2,1-4H3. The number of esters is 1. The van der Waals surface area contributed by atoms with Crippen molar-refractivity contribution in [3.8, 4) is 0 Å². The van der Waals surface area contributed by atoms with E-state index >= 15 is 0 Å². The highest BCUT2D eigenvalue weighted by molar-refractivity contribution is 5.73. The van der Waals surface area contributed by atoms with Gasteiger partial charge in [0.25, 0.3) is 0 Å². The molecule has 1 aliphatic rings. The summed E-state index contributed by atoms with van der Waals surface area (Å²) in [5.41, 5.74) is 6.15. The fraction of sp³-hybridized carbons (Fsp3) is 0.909. The third-order valence-electron chi connectivity index (χ3n) is 3.35. The Morgan fingerprint density at radius 2 is 2.13 bits per heavy atom. The van der Waals surface area contributed by atoms with E-state index in [0.29, 0.717) is 5.92 Å². The van der Waals surface area contributed by atoms with Crippen molar-refractivity contribution in [1.29, 1.82) is 0 Å². The van der Waals surface area contributed by atoms with E-state index in [9.17, 15) is 4.79 Å². The zero-order chi connectivity index (χ0) is 11.6. The molecule has 1 fully saturated rings. The molecule has 2 N–H and O–H groups in total. The summed E-state index contributed by atoms with van der Waals surface area (Å²) < 4.78 is 4.79. The molecule has 0 aromatic heterocycles. The minimum absolute atomic E-state index is 0.115. The van der Waals surface area contributed by atoms with Gasteiger partial charge in [-0.3, -0.25) is 4.79 Å². The number of methoxy groups -OCH3 is 1. The Kier molecular flexibility index (Phi) is 4.11. The SMILES string of the molecule is COC(=O)C1CCN(C)C(C(C)C)C1N. The third kappa shape index (κ3) is 2.49. The van der Waals surface area contributed by atoms with Crippen LogP contribution in [0.15, 0.2) is 0 Å². The molecule has 1 heterocycles. The van der Waals surface area contributed by atoms with E-state index in [0.717, 1.165) is 13.0 Å². The highest BCUT2D eigenvalue weighted by atomic mass is 16.5. The Hall–Kier alpha value is -0.610. The lowest BCUT2D eigenvalue weighted by Gasteiger charge is -2.43. The first-order chi connectivity index (χ1) is 6.99. The van der Waals surface area contributed by atoms with Crippen LogP contribution in [0.3, 0.4) is 0 Å². The molecule has 1 rings (SSSR count). The Labute approximate surface area is 91.8 Å². The van der Waals surface area contributed by atoms with Gasteiger partial charge < -0.3 is 15.4 Å². The number of ether oxygens (including phenoxy) is 1. The van der Waals surface area contributed by atoms with Gasteiger partial charge in [-0.25, -0.2) is 0 Å². The van der Waals surface area contributed by atoms with Gasteiger partial charge in [0.15, 0.2) is 0 Å². The van der Waals surface area contributed by atoms with Crippen LogP contribution in [-0.4, -0.2) is 43.7 Å². The second-order valence-electron chi connectivity index (χ2n) is 4.71. The molecule has 88 valence electrons. The maximum Gasteiger partial charge on any atom is 0.310 e. The molecule has 3 atom stereocenters. The molecule has 15 heavy (non-hydrogen) atoms. The molecule has 0 amide bonds. The topological polar surface area (TPSA) is 55.6 Å². The summed E-state index contributed by atoms with van der Waals surface area (Å²) in [6.07, 6.45) is 0.799. The van der Waals surface area contributed by atoms with Crippen LogP contribution in [0.2, 0.25) is 0 Å². The fourth-order valence-corrected chi connectivity index (χ4v) is 2.60. The Morgan fingerprint density at radius 1 is 1.53 bits per heavy atom. The van der Waals surface area contributed by atoms with Crippen LogP contribution in [0.25, 0.3) is 0 Å². The van der Waals surface area contributed by atoms with Crippen molar-refractivity contribution in [2.45, 2.75) is 32.4 Å². The van der Waals surface area contributed by atoms with Gasteiger partial charge in [0.05, 0.1) is 13.0 Å². The minimum atomic E-state index is -0.166. The first kappa shape index (κ1) is 12.5. The molecule has 4 heteroatoms. The van der Waals surface area contributed by atoms with E-state index in [2.05, 4.69) is 25.8 Å². The van der Waals surface area contributed by atoms with Gasteiger partial charge in [0.1, 0.15) is 0 Å². The molecule has 1 saturated heterocycles. The molecule has 0 bridgehead atoms. The van der Waals surface area contributed by atoms with Crippen LogP contribution in [0.5, 0.6) is 0 Å². The number of likely N-dealkylation sites (tertiary alicyclic amines) is 1. The highest BCUT2D eigenvalue weighted by Gasteiger charge is 2.39. The Balaban J connectivity index is 2.76. The molecule has 0 aromatic carbocycles. The molecule has 0 radical (unpaired) electrons. The molecule has 0 spiro atoms. The van der Waals surface area contributed by atoms with Crippen LogP contribution < -0.4 is 5.73 Å². The number of hydrogen-bond acceptors (Lipinski definition) is 4. The van der Waals surface area contributed by atoms with Gasteiger partial charge in [-0.2, -0.15) is 0 Å². The predicted molar refractivity (Wildman–Crippen MR) is 59.4 cm³/mol. The van der Waals surface area contributed by atoms with Gasteiger partial charge in [0.2, 0.25) is 0 Å². The monoisotopic (exact) mass is 214 g/mol. The van der Waals surface area contributed by atoms with Crippen LogP contribution in [0.4, 0.5) is 0 Å². The number of piperidine rings is 1. The first-order valence-electron chi connectivity index (χ1n) is 5.52. The second-order valence-corrected chi connectivity index (χ2v) is 4.71. The molecule has 4 nitrogen and oxygen atoms in total. The second kappa shape index (κ2) is 4.94. The van der Waals surface area contributed by atoms with Crippen molar-refractivity contribution in [1.82, 2.24) is 4.90 Å². The third-order valence-corrected chi connectivity index (χ3v) is 3.35. The summed E-state index contributed by atoms with van der Waals surface area (Å²) in [5.74, 6) is 0.150. The maximum atomic E-state index is 11.5. The van der Waals surface area contributed by atoms with Crippen molar-refractivity contribution in [3.63, 3.8) is 0 Å². The normalized spacial score (nSPS) is 33.1. The number of carbonyl (C=O) groups excluding carboxylic acids is 1. The minimum Gasteiger partial charge on any atom is -0.469 e. The predicted octanol–water partition coefficient (Wildman–Crippen LogP) is 0.463. The van der Waals surface area contributed by atoms with Gasteiger partial charge in [0, 0.05) is 12.1 Å². The summed E-state index contributed by atoms with van der Waals surface area (Å²) in [7, 11) is 3.50. The number of likely N-dealkylation sites (N-methyl/N-ethyl adjacent to an activating group) is 1. The Bertz CT molecular complexity index is 231. The molecular formula is C11H22N2O2. The molecule has 0 saturated carbocycles. The largest absolute Gasteiger partial charge is 0.469 e. The van der Waals surface area contributed by atoms with Crippen molar-refractivity contribution in [3.05, 3.63) is 0 Å². The number of carbonyl (C=O) groups is 1. The average molecular weight is 214 g/mol. The molecular weight excluding hydrogens is 192 g/mol. The lowest BCUT2D eigenvalue weighted by Crippen LogP contribution is -2.59. The van der Waals surface area contributed by atoms with Crippen molar-refractivity contribution >= 4 is 5.97 Å². The van der Waals surface area contributed by atoms with Crippen LogP contribution in [-0.2, 0) is 9.53 Å². The lowest BCUT2D eigenvalue weighted by atomic mass is 9.81. The van der Waals surface area contributed by atoms with E-state index in [-0.39, 0.29) is 24.0 Å². The summed E-state index contributed by atoms with van der Waals surface area (Å²) in [6.45, 7) is 5.19. The number of nitrogens with zero attached hydrogens (tertiary/aromatic N) is 1. The smallest absolute Gasteiger partial charge is 0.310 e.